The van der Waals surface area contributed by atoms with E-state index in [1.165, 1.54) is 23.8 Å². The summed E-state index contributed by atoms with van der Waals surface area (Å²) in [6, 6.07) is 12.5. The van der Waals surface area contributed by atoms with Crippen molar-refractivity contribution in [3.05, 3.63) is 63.6 Å². The molecular formula is C18H18Cl2N2O3S. The van der Waals surface area contributed by atoms with E-state index in [1.807, 2.05) is 18.2 Å². The summed E-state index contributed by atoms with van der Waals surface area (Å²) < 4.78 is 25.5. The van der Waals surface area contributed by atoms with Crippen molar-refractivity contribution < 1.29 is 13.2 Å². The van der Waals surface area contributed by atoms with Crippen LogP contribution in [0.2, 0.25) is 10.0 Å². The molecule has 1 heterocycles. The summed E-state index contributed by atoms with van der Waals surface area (Å²) in [5.74, 6) is -0.254. The quantitative estimate of drug-likeness (QED) is 0.773. The summed E-state index contributed by atoms with van der Waals surface area (Å²) in [6.45, 7) is 0.766. The highest BCUT2D eigenvalue weighted by atomic mass is 35.5. The Balaban J connectivity index is 1.81. The lowest BCUT2D eigenvalue weighted by Crippen LogP contribution is -2.44. The molecule has 0 atom stereocenters. The number of carbonyl (C=O) groups is 1. The molecule has 0 aromatic heterocycles. The van der Waals surface area contributed by atoms with Gasteiger partial charge in [-0.1, -0.05) is 47.5 Å². The Bertz CT molecular complexity index is 947. The van der Waals surface area contributed by atoms with Crippen LogP contribution in [-0.4, -0.2) is 38.6 Å². The van der Waals surface area contributed by atoms with Gasteiger partial charge in [-0.25, -0.2) is 8.42 Å². The minimum absolute atomic E-state index is 0.233. The van der Waals surface area contributed by atoms with Crippen molar-refractivity contribution in [3.8, 4) is 0 Å². The summed E-state index contributed by atoms with van der Waals surface area (Å²) in [5.41, 5.74) is 2.63. The molecule has 0 aliphatic carbocycles. The highest BCUT2D eigenvalue weighted by Crippen LogP contribution is 2.28. The maximum Gasteiger partial charge on any atom is 0.243 e. The second-order valence-electron chi connectivity index (χ2n) is 6.20. The first-order valence-corrected chi connectivity index (χ1v) is 10.6. The van der Waals surface area contributed by atoms with Crippen LogP contribution in [-0.2, 0) is 27.8 Å². The Hall–Kier alpha value is -1.76. The van der Waals surface area contributed by atoms with Crippen LogP contribution in [0.5, 0.6) is 0 Å². The lowest BCUT2D eigenvalue weighted by atomic mass is 10.00. The van der Waals surface area contributed by atoms with Crippen molar-refractivity contribution in [2.24, 2.45) is 0 Å². The summed E-state index contributed by atoms with van der Waals surface area (Å²) in [4.78, 5) is 14.4. The van der Waals surface area contributed by atoms with Crippen LogP contribution in [0.15, 0.2) is 42.5 Å². The van der Waals surface area contributed by atoms with Gasteiger partial charge in [0.15, 0.2) is 0 Å². The first-order chi connectivity index (χ1) is 12.3. The predicted octanol–water partition coefficient (Wildman–Crippen LogP) is 3.34. The smallest absolute Gasteiger partial charge is 0.243 e. The summed E-state index contributed by atoms with van der Waals surface area (Å²) >= 11 is 11.9. The molecule has 2 aromatic rings. The van der Waals surface area contributed by atoms with Gasteiger partial charge in [-0.2, -0.15) is 0 Å². The molecule has 0 fully saturated rings. The van der Waals surface area contributed by atoms with Crippen molar-refractivity contribution >= 4 is 44.8 Å². The molecule has 0 radical (unpaired) electrons. The van der Waals surface area contributed by atoms with Gasteiger partial charge in [0.2, 0.25) is 15.9 Å². The van der Waals surface area contributed by atoms with E-state index in [2.05, 4.69) is 6.07 Å². The molecular weight excluding hydrogens is 395 g/mol. The number of halogens is 2. The van der Waals surface area contributed by atoms with Crippen LogP contribution in [0.3, 0.4) is 0 Å². The fourth-order valence-corrected chi connectivity index (χ4v) is 4.11. The molecule has 0 saturated carbocycles. The lowest BCUT2D eigenvalue weighted by Gasteiger charge is -2.31. The fraction of sp³-hybridized carbons (Fsp3) is 0.278. The number of carbonyl (C=O) groups excluding carboxylic acids is 1. The highest BCUT2D eigenvalue weighted by Gasteiger charge is 2.26. The predicted molar refractivity (Wildman–Crippen MR) is 104 cm³/mol. The largest absolute Gasteiger partial charge is 0.336 e. The normalized spacial score (nSPS) is 14.0. The van der Waals surface area contributed by atoms with Crippen molar-refractivity contribution in [1.82, 2.24) is 4.90 Å². The zero-order valence-electron chi connectivity index (χ0n) is 14.2. The maximum absolute atomic E-state index is 12.8. The number of benzene rings is 2. The second kappa shape index (κ2) is 7.47. The Kier molecular flexibility index (Phi) is 5.46. The average molecular weight is 413 g/mol. The Morgan fingerprint density at radius 3 is 2.46 bits per heavy atom. The number of anilines is 1. The van der Waals surface area contributed by atoms with Crippen molar-refractivity contribution in [2.75, 3.05) is 23.7 Å². The van der Waals surface area contributed by atoms with Crippen LogP contribution >= 0.6 is 23.2 Å². The molecule has 1 aliphatic heterocycles. The number of amides is 1. The topological polar surface area (TPSA) is 57.7 Å². The number of nitrogens with zero attached hydrogens (tertiary/aromatic N) is 2. The van der Waals surface area contributed by atoms with E-state index in [1.54, 1.807) is 4.90 Å². The van der Waals surface area contributed by atoms with E-state index >= 15 is 0 Å². The second-order valence-corrected chi connectivity index (χ2v) is 8.92. The molecule has 138 valence electrons. The van der Waals surface area contributed by atoms with Crippen LogP contribution < -0.4 is 4.31 Å². The van der Waals surface area contributed by atoms with E-state index < -0.39 is 10.0 Å². The van der Waals surface area contributed by atoms with Gasteiger partial charge in [0.05, 0.1) is 22.0 Å². The van der Waals surface area contributed by atoms with Gasteiger partial charge in [-0.3, -0.25) is 9.10 Å². The maximum atomic E-state index is 12.8. The van der Waals surface area contributed by atoms with E-state index in [4.69, 9.17) is 23.2 Å². The Morgan fingerprint density at radius 2 is 1.81 bits per heavy atom. The van der Waals surface area contributed by atoms with Gasteiger partial charge in [0, 0.05) is 13.1 Å². The molecule has 0 saturated heterocycles. The Morgan fingerprint density at radius 1 is 1.12 bits per heavy atom. The number of fused-ring (bicyclic) bond motifs is 1. The van der Waals surface area contributed by atoms with Crippen LogP contribution in [0.4, 0.5) is 5.69 Å². The summed E-state index contributed by atoms with van der Waals surface area (Å²) in [5, 5.41) is 0.556. The first kappa shape index (κ1) is 19.0. The Labute approximate surface area is 163 Å². The van der Waals surface area contributed by atoms with E-state index in [0.29, 0.717) is 23.8 Å². The third-order valence-corrected chi connectivity index (χ3v) is 6.23. The van der Waals surface area contributed by atoms with Crippen molar-refractivity contribution in [2.45, 2.75) is 13.0 Å². The van der Waals surface area contributed by atoms with E-state index in [-0.39, 0.29) is 17.5 Å². The van der Waals surface area contributed by atoms with E-state index in [9.17, 15) is 13.2 Å². The summed E-state index contributed by atoms with van der Waals surface area (Å²) in [6.07, 6.45) is 1.82. The average Bonchev–Trinajstić information content (AvgIpc) is 2.60. The van der Waals surface area contributed by atoms with Gasteiger partial charge in [0.1, 0.15) is 6.54 Å². The van der Waals surface area contributed by atoms with Gasteiger partial charge in [-0.05, 0) is 35.7 Å². The zero-order chi connectivity index (χ0) is 18.9. The van der Waals surface area contributed by atoms with Crippen LogP contribution in [0, 0.1) is 0 Å². The highest BCUT2D eigenvalue weighted by molar-refractivity contribution is 7.92. The lowest BCUT2D eigenvalue weighted by molar-refractivity contribution is -0.130. The van der Waals surface area contributed by atoms with Gasteiger partial charge < -0.3 is 4.90 Å². The van der Waals surface area contributed by atoms with Crippen LogP contribution in [0.25, 0.3) is 0 Å². The van der Waals surface area contributed by atoms with Gasteiger partial charge in [-0.15, -0.1) is 0 Å². The minimum atomic E-state index is -3.66. The minimum Gasteiger partial charge on any atom is -0.336 e. The summed E-state index contributed by atoms with van der Waals surface area (Å²) in [7, 11) is -3.66. The van der Waals surface area contributed by atoms with Crippen molar-refractivity contribution in [1.29, 1.82) is 0 Å². The molecule has 5 nitrogen and oxygen atoms in total. The van der Waals surface area contributed by atoms with Crippen molar-refractivity contribution in [3.63, 3.8) is 0 Å². The fourth-order valence-electron chi connectivity index (χ4n) is 2.97. The molecule has 3 rings (SSSR count). The molecule has 0 unspecified atom stereocenters. The van der Waals surface area contributed by atoms with Gasteiger partial charge >= 0.3 is 0 Å². The molecule has 0 spiro atoms. The van der Waals surface area contributed by atoms with Gasteiger partial charge in [0.25, 0.3) is 0 Å². The standard InChI is InChI=1S/C18H18Cl2N2O3S/c1-26(24,25)22(15-6-7-16(19)17(20)10-15)12-18(23)21-9-8-13-4-2-3-5-14(13)11-21/h2-7,10H,8-9,11-12H2,1H3. The molecule has 0 bridgehead atoms. The molecule has 2 aromatic carbocycles. The number of hydrogen-bond acceptors (Lipinski definition) is 3. The number of rotatable bonds is 4. The van der Waals surface area contributed by atoms with Crippen LogP contribution in [0.1, 0.15) is 11.1 Å². The SMILES string of the molecule is CS(=O)(=O)N(CC(=O)N1CCc2ccccc2C1)c1ccc(Cl)c(Cl)c1. The molecule has 1 aliphatic rings. The number of sulfonamides is 1. The molecule has 1 amide bonds. The third kappa shape index (κ3) is 4.14. The monoisotopic (exact) mass is 412 g/mol. The first-order valence-electron chi connectivity index (χ1n) is 8.03. The number of hydrogen-bond donors (Lipinski definition) is 0. The molecule has 0 N–H and O–H groups in total. The van der Waals surface area contributed by atoms with E-state index in [0.717, 1.165) is 22.5 Å². The molecule has 26 heavy (non-hydrogen) atoms. The molecule has 8 heteroatoms. The third-order valence-electron chi connectivity index (χ3n) is 4.35. The zero-order valence-corrected chi connectivity index (χ0v) is 16.5.